The molecule has 0 aliphatic carbocycles. The highest BCUT2D eigenvalue weighted by Gasteiger charge is 2.19. The van der Waals surface area contributed by atoms with Gasteiger partial charge in [0.15, 0.2) is 0 Å². The van der Waals surface area contributed by atoms with Gasteiger partial charge in [-0.15, -0.1) is 0 Å². The van der Waals surface area contributed by atoms with Crippen LogP contribution in [0.15, 0.2) is 35.5 Å². The fourth-order valence-corrected chi connectivity index (χ4v) is 2.68. The van der Waals surface area contributed by atoms with Crippen molar-refractivity contribution in [3.63, 3.8) is 0 Å². The SMILES string of the molecule is Cn1nc(CN2CCC(Nc3ccncn3)CC2)ccc1=O. The van der Waals surface area contributed by atoms with E-state index in [0.717, 1.165) is 44.0 Å². The third-order valence-corrected chi connectivity index (χ3v) is 3.92. The van der Waals surface area contributed by atoms with Crippen LogP contribution in [0.2, 0.25) is 0 Å². The maximum absolute atomic E-state index is 11.3. The first-order valence-electron chi connectivity index (χ1n) is 7.49. The standard InChI is InChI=1S/C15H20N6O/c1-20-15(22)3-2-13(19-20)10-21-8-5-12(6-9-21)18-14-4-7-16-11-17-14/h2-4,7,11-12H,5-6,8-10H2,1H3,(H,16,17,18). The predicted octanol–water partition coefficient (Wildman–Crippen LogP) is 0.647. The molecule has 3 heterocycles. The Hall–Kier alpha value is -2.28. The molecule has 3 rings (SSSR count). The first-order chi connectivity index (χ1) is 10.7. The van der Waals surface area contributed by atoms with E-state index in [0.29, 0.717) is 6.04 Å². The van der Waals surface area contributed by atoms with Crippen LogP contribution in [-0.4, -0.2) is 43.8 Å². The van der Waals surface area contributed by atoms with E-state index in [2.05, 4.69) is 25.3 Å². The number of hydrogen-bond acceptors (Lipinski definition) is 6. The fraction of sp³-hybridized carbons (Fsp3) is 0.467. The Bertz CT molecular complexity index is 663. The number of anilines is 1. The second-order valence-corrected chi connectivity index (χ2v) is 5.58. The summed E-state index contributed by atoms with van der Waals surface area (Å²) in [6.07, 6.45) is 5.43. The fourth-order valence-electron chi connectivity index (χ4n) is 2.68. The van der Waals surface area contributed by atoms with Crippen molar-refractivity contribution in [2.75, 3.05) is 18.4 Å². The summed E-state index contributed by atoms with van der Waals surface area (Å²) in [7, 11) is 1.68. The van der Waals surface area contributed by atoms with Crippen molar-refractivity contribution in [3.05, 3.63) is 46.8 Å². The Morgan fingerprint density at radius 2 is 2.09 bits per heavy atom. The Balaban J connectivity index is 1.51. The first-order valence-corrected chi connectivity index (χ1v) is 7.49. The maximum atomic E-state index is 11.3. The van der Waals surface area contributed by atoms with Gasteiger partial charge in [0.05, 0.1) is 5.69 Å². The number of nitrogens with zero attached hydrogens (tertiary/aromatic N) is 5. The molecule has 2 aromatic rings. The minimum Gasteiger partial charge on any atom is -0.367 e. The highest BCUT2D eigenvalue weighted by Crippen LogP contribution is 2.16. The van der Waals surface area contributed by atoms with Gasteiger partial charge in [-0.2, -0.15) is 5.10 Å². The molecule has 1 aliphatic rings. The molecule has 0 amide bonds. The van der Waals surface area contributed by atoms with Crippen LogP contribution in [0.4, 0.5) is 5.82 Å². The Labute approximate surface area is 129 Å². The lowest BCUT2D eigenvalue weighted by atomic mass is 10.0. The molecule has 2 aromatic heterocycles. The zero-order chi connectivity index (χ0) is 15.4. The van der Waals surface area contributed by atoms with Crippen molar-refractivity contribution in [1.29, 1.82) is 0 Å². The molecule has 1 aliphatic heterocycles. The molecule has 0 unspecified atom stereocenters. The van der Waals surface area contributed by atoms with Gasteiger partial charge in [0.2, 0.25) is 0 Å². The van der Waals surface area contributed by atoms with Crippen LogP contribution in [0.3, 0.4) is 0 Å². The van der Waals surface area contributed by atoms with Crippen LogP contribution in [-0.2, 0) is 13.6 Å². The quantitative estimate of drug-likeness (QED) is 0.893. The largest absolute Gasteiger partial charge is 0.367 e. The molecule has 22 heavy (non-hydrogen) atoms. The number of aromatic nitrogens is 4. The van der Waals surface area contributed by atoms with Crippen molar-refractivity contribution >= 4 is 5.82 Å². The lowest BCUT2D eigenvalue weighted by Crippen LogP contribution is -2.39. The molecule has 1 fully saturated rings. The highest BCUT2D eigenvalue weighted by molar-refractivity contribution is 5.33. The van der Waals surface area contributed by atoms with Crippen LogP contribution in [0.1, 0.15) is 18.5 Å². The zero-order valence-electron chi connectivity index (χ0n) is 12.6. The molecule has 0 atom stereocenters. The van der Waals surface area contributed by atoms with Crippen molar-refractivity contribution < 1.29 is 0 Å². The van der Waals surface area contributed by atoms with Gasteiger partial charge in [-0.25, -0.2) is 14.6 Å². The van der Waals surface area contributed by atoms with Crippen molar-refractivity contribution in [3.8, 4) is 0 Å². The Morgan fingerprint density at radius 3 is 2.77 bits per heavy atom. The van der Waals surface area contributed by atoms with Crippen molar-refractivity contribution in [1.82, 2.24) is 24.6 Å². The van der Waals surface area contributed by atoms with Gasteiger partial charge in [-0.05, 0) is 25.0 Å². The number of piperidine rings is 1. The minimum absolute atomic E-state index is 0.0727. The molecule has 0 aromatic carbocycles. The van der Waals surface area contributed by atoms with Crippen LogP contribution in [0.25, 0.3) is 0 Å². The predicted molar refractivity (Wildman–Crippen MR) is 83.4 cm³/mol. The van der Waals surface area contributed by atoms with E-state index in [1.54, 1.807) is 25.6 Å². The molecule has 0 radical (unpaired) electrons. The molecule has 116 valence electrons. The number of hydrogen-bond donors (Lipinski definition) is 1. The normalized spacial score (nSPS) is 16.6. The summed E-state index contributed by atoms with van der Waals surface area (Å²) in [4.78, 5) is 21.8. The molecule has 7 heteroatoms. The summed E-state index contributed by atoms with van der Waals surface area (Å²) in [5.41, 5.74) is 0.862. The first kappa shape index (κ1) is 14.6. The molecular formula is C15H20N6O. The van der Waals surface area contributed by atoms with Crippen molar-refractivity contribution in [2.24, 2.45) is 7.05 Å². The zero-order valence-corrected chi connectivity index (χ0v) is 12.6. The molecule has 1 N–H and O–H groups in total. The number of nitrogens with one attached hydrogen (secondary N) is 1. The second-order valence-electron chi connectivity index (χ2n) is 5.58. The van der Waals surface area contributed by atoms with E-state index in [4.69, 9.17) is 0 Å². The second kappa shape index (κ2) is 6.65. The molecule has 1 saturated heterocycles. The van der Waals surface area contributed by atoms with Gasteiger partial charge in [0.25, 0.3) is 5.56 Å². The minimum atomic E-state index is -0.0727. The smallest absolute Gasteiger partial charge is 0.266 e. The Morgan fingerprint density at radius 1 is 1.27 bits per heavy atom. The topological polar surface area (TPSA) is 75.9 Å². The van der Waals surface area contributed by atoms with Crippen LogP contribution in [0.5, 0.6) is 0 Å². The van der Waals surface area contributed by atoms with Gasteiger partial charge in [0, 0.05) is 45.0 Å². The van der Waals surface area contributed by atoms with Gasteiger partial charge in [-0.3, -0.25) is 9.69 Å². The monoisotopic (exact) mass is 300 g/mol. The third kappa shape index (κ3) is 3.67. The molecular weight excluding hydrogens is 280 g/mol. The van der Waals surface area contributed by atoms with Gasteiger partial charge in [0.1, 0.15) is 12.1 Å². The molecule has 7 nitrogen and oxygen atoms in total. The molecule has 0 saturated carbocycles. The molecule has 0 bridgehead atoms. The van der Waals surface area contributed by atoms with Crippen LogP contribution < -0.4 is 10.9 Å². The van der Waals surface area contributed by atoms with E-state index >= 15 is 0 Å². The van der Waals surface area contributed by atoms with Gasteiger partial charge >= 0.3 is 0 Å². The number of likely N-dealkylation sites (tertiary alicyclic amines) is 1. The number of aryl methyl sites for hydroxylation is 1. The van der Waals surface area contributed by atoms with Gasteiger partial charge < -0.3 is 5.32 Å². The number of rotatable bonds is 4. The van der Waals surface area contributed by atoms with Crippen molar-refractivity contribution in [2.45, 2.75) is 25.4 Å². The van der Waals surface area contributed by atoms with E-state index in [1.807, 2.05) is 12.1 Å². The van der Waals surface area contributed by atoms with Crippen LogP contribution >= 0.6 is 0 Å². The summed E-state index contributed by atoms with van der Waals surface area (Å²) < 4.78 is 1.39. The summed E-state index contributed by atoms with van der Waals surface area (Å²) >= 11 is 0. The summed E-state index contributed by atoms with van der Waals surface area (Å²) in [5.74, 6) is 0.883. The van der Waals surface area contributed by atoms with Gasteiger partial charge in [-0.1, -0.05) is 0 Å². The average Bonchev–Trinajstić information content (AvgIpc) is 2.54. The van der Waals surface area contributed by atoms with E-state index in [1.165, 1.54) is 4.68 Å². The maximum Gasteiger partial charge on any atom is 0.266 e. The van der Waals surface area contributed by atoms with E-state index in [-0.39, 0.29) is 5.56 Å². The Kier molecular flexibility index (Phi) is 4.43. The van der Waals surface area contributed by atoms with E-state index in [9.17, 15) is 4.79 Å². The summed E-state index contributed by atoms with van der Waals surface area (Å²) in [5, 5.41) is 7.73. The summed E-state index contributed by atoms with van der Waals surface area (Å²) in [6, 6.07) is 5.72. The van der Waals surface area contributed by atoms with Crippen LogP contribution in [0, 0.1) is 0 Å². The summed E-state index contributed by atoms with van der Waals surface area (Å²) in [6.45, 7) is 2.80. The average molecular weight is 300 g/mol. The highest BCUT2D eigenvalue weighted by atomic mass is 16.1. The van der Waals surface area contributed by atoms with E-state index < -0.39 is 0 Å². The molecule has 0 spiro atoms. The lowest BCUT2D eigenvalue weighted by molar-refractivity contribution is 0.207. The lowest BCUT2D eigenvalue weighted by Gasteiger charge is -2.32. The third-order valence-electron chi connectivity index (χ3n) is 3.92.